The van der Waals surface area contributed by atoms with Crippen LogP contribution in [-0.4, -0.2) is 17.2 Å². The van der Waals surface area contributed by atoms with Crippen LogP contribution in [0.3, 0.4) is 0 Å². The lowest BCUT2D eigenvalue weighted by molar-refractivity contribution is -0.0775. The minimum atomic E-state index is -0.0428. The Balaban J connectivity index is 1.52. The molecule has 0 spiro atoms. The Bertz CT molecular complexity index is 386. The summed E-state index contributed by atoms with van der Waals surface area (Å²) in [5.41, 5.74) is 6.71. The molecule has 3 aliphatic carbocycles. The molecule has 1 aliphatic heterocycles. The van der Waals surface area contributed by atoms with E-state index in [0.717, 1.165) is 36.0 Å². The van der Waals surface area contributed by atoms with Crippen molar-refractivity contribution < 1.29 is 4.74 Å². The first-order valence-corrected chi connectivity index (χ1v) is 8.26. The van der Waals surface area contributed by atoms with Gasteiger partial charge in [-0.25, -0.2) is 0 Å². The molecular weight excluding hydrogens is 234 g/mol. The SMILES string of the molecule is CC1(C)CC(C(N)C2C3C4CCC(C4)C32)C(C)(C)O1. The first-order chi connectivity index (χ1) is 8.80. The van der Waals surface area contributed by atoms with Crippen molar-refractivity contribution in [2.24, 2.45) is 41.2 Å². The first-order valence-electron chi connectivity index (χ1n) is 8.26. The number of fused-ring (bicyclic) bond motifs is 5. The van der Waals surface area contributed by atoms with Gasteiger partial charge < -0.3 is 10.5 Å². The van der Waals surface area contributed by atoms with Crippen LogP contribution in [-0.2, 0) is 4.74 Å². The summed E-state index contributed by atoms with van der Waals surface area (Å²) in [6.07, 6.45) is 5.64. The fraction of sp³-hybridized carbons (Fsp3) is 1.00. The predicted molar refractivity (Wildman–Crippen MR) is 76.6 cm³/mol. The molecule has 108 valence electrons. The molecule has 2 bridgehead atoms. The Kier molecular flexibility index (Phi) is 2.37. The van der Waals surface area contributed by atoms with Gasteiger partial charge in [0, 0.05) is 12.0 Å². The molecule has 0 aromatic carbocycles. The summed E-state index contributed by atoms with van der Waals surface area (Å²) in [4.78, 5) is 0. The number of ether oxygens (including phenoxy) is 1. The molecule has 19 heavy (non-hydrogen) atoms. The molecular formula is C17H29NO. The van der Waals surface area contributed by atoms with Gasteiger partial charge in [-0.2, -0.15) is 0 Å². The molecule has 6 unspecified atom stereocenters. The number of hydrogen-bond acceptors (Lipinski definition) is 2. The van der Waals surface area contributed by atoms with Gasteiger partial charge >= 0.3 is 0 Å². The lowest BCUT2D eigenvalue weighted by Gasteiger charge is -2.32. The second-order valence-corrected chi connectivity index (χ2v) is 8.92. The molecule has 0 aromatic heterocycles. The van der Waals surface area contributed by atoms with E-state index in [2.05, 4.69) is 27.7 Å². The second-order valence-electron chi connectivity index (χ2n) is 8.92. The molecule has 0 radical (unpaired) electrons. The van der Waals surface area contributed by atoms with Gasteiger partial charge in [0.1, 0.15) is 0 Å². The highest BCUT2D eigenvalue weighted by molar-refractivity contribution is 5.17. The van der Waals surface area contributed by atoms with Crippen molar-refractivity contribution in [3.63, 3.8) is 0 Å². The lowest BCUT2D eigenvalue weighted by atomic mass is 9.78. The fourth-order valence-corrected chi connectivity index (χ4v) is 6.38. The van der Waals surface area contributed by atoms with Gasteiger partial charge in [-0.05, 0) is 83.0 Å². The standard InChI is InChI=1S/C17H29NO/c1-16(2)8-11(17(3,4)19-16)15(18)14-12-9-5-6-10(7-9)13(12)14/h9-15H,5-8,18H2,1-4H3. The van der Waals surface area contributed by atoms with Crippen molar-refractivity contribution in [3.05, 3.63) is 0 Å². The third kappa shape index (κ3) is 1.68. The van der Waals surface area contributed by atoms with Crippen LogP contribution in [0.25, 0.3) is 0 Å². The second kappa shape index (κ2) is 3.57. The lowest BCUT2D eigenvalue weighted by Crippen LogP contribution is -2.43. The van der Waals surface area contributed by atoms with Gasteiger partial charge in [-0.3, -0.25) is 0 Å². The maximum absolute atomic E-state index is 6.74. The minimum absolute atomic E-state index is 0.00870. The highest BCUT2D eigenvalue weighted by atomic mass is 16.5. The Morgan fingerprint density at radius 2 is 1.63 bits per heavy atom. The summed E-state index contributed by atoms with van der Waals surface area (Å²) in [6, 6.07) is 0.371. The predicted octanol–water partition coefficient (Wildman–Crippen LogP) is 3.20. The van der Waals surface area contributed by atoms with Crippen molar-refractivity contribution >= 4 is 0 Å². The fourth-order valence-electron chi connectivity index (χ4n) is 6.38. The van der Waals surface area contributed by atoms with Crippen LogP contribution in [0.2, 0.25) is 0 Å². The van der Waals surface area contributed by atoms with E-state index in [1.165, 1.54) is 19.3 Å². The largest absolute Gasteiger partial charge is 0.369 e. The zero-order chi connectivity index (χ0) is 13.6. The molecule has 0 amide bonds. The first kappa shape index (κ1) is 12.6. The van der Waals surface area contributed by atoms with Gasteiger partial charge in [-0.15, -0.1) is 0 Å². The summed E-state index contributed by atoms with van der Waals surface area (Å²) >= 11 is 0. The van der Waals surface area contributed by atoms with Crippen LogP contribution in [0.4, 0.5) is 0 Å². The van der Waals surface area contributed by atoms with Gasteiger partial charge in [-0.1, -0.05) is 0 Å². The van der Waals surface area contributed by atoms with Crippen molar-refractivity contribution in [1.82, 2.24) is 0 Å². The van der Waals surface area contributed by atoms with E-state index >= 15 is 0 Å². The van der Waals surface area contributed by atoms with E-state index in [9.17, 15) is 0 Å². The van der Waals surface area contributed by atoms with Crippen molar-refractivity contribution in [2.45, 2.75) is 70.6 Å². The van der Waals surface area contributed by atoms with E-state index in [1.54, 1.807) is 0 Å². The van der Waals surface area contributed by atoms with Crippen LogP contribution in [0.15, 0.2) is 0 Å². The van der Waals surface area contributed by atoms with E-state index in [1.807, 2.05) is 0 Å². The van der Waals surface area contributed by atoms with Crippen LogP contribution in [0.1, 0.15) is 53.4 Å². The van der Waals surface area contributed by atoms with E-state index in [-0.39, 0.29) is 11.2 Å². The number of hydrogen-bond donors (Lipinski definition) is 1. The van der Waals surface area contributed by atoms with Crippen LogP contribution in [0, 0.1) is 35.5 Å². The van der Waals surface area contributed by atoms with Crippen LogP contribution < -0.4 is 5.73 Å². The summed E-state index contributed by atoms with van der Waals surface area (Å²) in [7, 11) is 0. The molecule has 2 heteroatoms. The van der Waals surface area contributed by atoms with E-state index in [4.69, 9.17) is 10.5 Å². The molecule has 6 atom stereocenters. The van der Waals surface area contributed by atoms with Crippen molar-refractivity contribution in [1.29, 1.82) is 0 Å². The van der Waals surface area contributed by atoms with Crippen LogP contribution in [0.5, 0.6) is 0 Å². The van der Waals surface area contributed by atoms with Gasteiger partial charge in [0.2, 0.25) is 0 Å². The monoisotopic (exact) mass is 263 g/mol. The topological polar surface area (TPSA) is 35.2 Å². The smallest absolute Gasteiger partial charge is 0.0677 e. The summed E-state index contributed by atoms with van der Waals surface area (Å²) < 4.78 is 6.26. The van der Waals surface area contributed by atoms with Gasteiger partial charge in [0.05, 0.1) is 11.2 Å². The van der Waals surface area contributed by atoms with Gasteiger partial charge in [0.25, 0.3) is 0 Å². The number of nitrogens with two attached hydrogens (primary N) is 1. The maximum atomic E-state index is 6.74. The average molecular weight is 263 g/mol. The highest BCUT2D eigenvalue weighted by Crippen LogP contribution is 2.71. The number of rotatable bonds is 2. The molecule has 1 heterocycles. The Labute approximate surface area is 117 Å². The maximum Gasteiger partial charge on any atom is 0.0677 e. The molecule has 3 saturated carbocycles. The third-order valence-corrected chi connectivity index (χ3v) is 6.85. The summed E-state index contributed by atoms with van der Waals surface area (Å²) in [6.45, 7) is 8.94. The molecule has 2 N–H and O–H groups in total. The zero-order valence-electron chi connectivity index (χ0n) is 12.9. The Hall–Kier alpha value is -0.0800. The minimum Gasteiger partial charge on any atom is -0.369 e. The molecule has 0 aromatic rings. The Morgan fingerprint density at radius 1 is 1.05 bits per heavy atom. The molecule has 4 rings (SSSR count). The molecule has 1 saturated heterocycles. The Morgan fingerprint density at radius 3 is 2.11 bits per heavy atom. The van der Waals surface area contributed by atoms with E-state index < -0.39 is 0 Å². The molecule has 4 aliphatic rings. The third-order valence-electron chi connectivity index (χ3n) is 6.85. The normalized spacial score (nSPS) is 54.2. The average Bonchev–Trinajstić information content (AvgIpc) is 2.59. The molecule has 4 fully saturated rings. The van der Waals surface area contributed by atoms with Gasteiger partial charge in [0.15, 0.2) is 0 Å². The van der Waals surface area contributed by atoms with Crippen molar-refractivity contribution in [3.8, 4) is 0 Å². The highest BCUT2D eigenvalue weighted by Gasteiger charge is 2.68. The summed E-state index contributed by atoms with van der Waals surface area (Å²) in [5.74, 6) is 5.42. The van der Waals surface area contributed by atoms with E-state index in [0.29, 0.717) is 12.0 Å². The zero-order valence-corrected chi connectivity index (χ0v) is 12.9. The van der Waals surface area contributed by atoms with Crippen molar-refractivity contribution in [2.75, 3.05) is 0 Å². The molecule has 2 nitrogen and oxygen atoms in total. The van der Waals surface area contributed by atoms with Crippen LogP contribution >= 0.6 is 0 Å². The summed E-state index contributed by atoms with van der Waals surface area (Å²) in [5, 5.41) is 0. The quantitative estimate of drug-likeness (QED) is 0.830.